The van der Waals surface area contributed by atoms with E-state index in [0.717, 1.165) is 25.7 Å². The van der Waals surface area contributed by atoms with Crippen LogP contribution in [0.1, 0.15) is 344 Å². The predicted octanol–water partition coefficient (Wildman–Crippen LogP) is 26.3. The maximum atomic E-state index is 4.67. The summed E-state index contributed by atoms with van der Waals surface area (Å²) in [6.07, 6.45) is 30.2. The van der Waals surface area contributed by atoms with Gasteiger partial charge in [0.2, 0.25) is 0 Å². The van der Waals surface area contributed by atoms with Gasteiger partial charge in [0.25, 0.3) is 0 Å². The smallest absolute Gasteiger partial charge is 0.0155 e. The molecule has 0 saturated heterocycles. The van der Waals surface area contributed by atoms with E-state index in [4.69, 9.17) is 0 Å². The van der Waals surface area contributed by atoms with Gasteiger partial charge in [-0.3, -0.25) is 0 Å². The molecular formula is C84H136. The summed E-state index contributed by atoms with van der Waals surface area (Å²) in [5.41, 5.74) is 25.2. The third-order valence-electron chi connectivity index (χ3n) is 19.2. The quantitative estimate of drug-likeness (QED) is 0.0656. The van der Waals surface area contributed by atoms with E-state index >= 15 is 0 Å². The van der Waals surface area contributed by atoms with E-state index < -0.39 is 0 Å². The second-order valence-electron chi connectivity index (χ2n) is 34.8. The number of unbranched alkanes of at least 4 members (excludes halogenated alkanes) is 3. The Balaban J connectivity index is 0.000000424. The largest absolute Gasteiger partial charge is 0.103 e. The molecule has 0 spiro atoms. The normalized spacial score (nSPS) is 16.4. The maximum absolute atomic E-state index is 4.67. The lowest BCUT2D eigenvalue weighted by Gasteiger charge is -2.39. The van der Waals surface area contributed by atoms with Crippen molar-refractivity contribution in [2.45, 2.75) is 341 Å². The standard InChI is InChI=1S/C49H82.C19H30.C16H24/c1-17-19-29-49(28-18-2,30-23-21-20-22-24-39-32-41(45(5,6)7)36-42(33-39)46(8,9)10)31-27-37(3)25-26-40-34-43(47(11,12)13)38(4)44(35-40)48(14,15)16;1-9-10-11-15-12-16(18(3,4)5)14(2)17(13-15)19(6,7)8;1-7-8-11-9-12(15(2,3)4)14-13(10-11)16(14,5)6/h17,32-34,36,44H,1,3,18-31,35H2,2,4-16H3;9,12-13H,1,10-11H2,2-8H3;9-10H,7-8H2,1-6H3. The Morgan fingerprint density at radius 1 is 0.500 bits per heavy atom. The summed E-state index contributed by atoms with van der Waals surface area (Å²) < 4.78 is 0. The van der Waals surface area contributed by atoms with E-state index in [0.29, 0.717) is 16.7 Å². The van der Waals surface area contributed by atoms with Gasteiger partial charge in [0.05, 0.1) is 0 Å². The highest BCUT2D eigenvalue weighted by atomic mass is 14.5. The van der Waals surface area contributed by atoms with Gasteiger partial charge < -0.3 is 0 Å². The first kappa shape index (κ1) is 74.6. The number of fused-ring (bicyclic) bond motifs is 1. The lowest BCUT2D eigenvalue weighted by Crippen LogP contribution is -2.27. The zero-order valence-electron chi connectivity index (χ0n) is 60.9. The summed E-state index contributed by atoms with van der Waals surface area (Å²) in [5, 5.41) is 0. The van der Waals surface area contributed by atoms with Gasteiger partial charge in [0, 0.05) is 5.41 Å². The first-order chi connectivity index (χ1) is 38.4. The molecule has 0 amide bonds. The van der Waals surface area contributed by atoms with Gasteiger partial charge >= 0.3 is 0 Å². The van der Waals surface area contributed by atoms with Crippen molar-refractivity contribution in [3.63, 3.8) is 0 Å². The van der Waals surface area contributed by atoms with Crippen LogP contribution in [0.25, 0.3) is 0 Å². The minimum absolute atomic E-state index is 0.185. The van der Waals surface area contributed by atoms with Crippen molar-refractivity contribution >= 4 is 0 Å². The van der Waals surface area contributed by atoms with Crippen molar-refractivity contribution in [3.05, 3.63) is 164 Å². The SMILES string of the molecule is C=CCCC(CCC)(CCCCCCc1cc(C(C)(C)C)cc(C(C)(C)C)c1)CCC(=C)CCC1=CC(C(C)(C)C)=C(C)C(C(C)(C)C)C1.C=CCCc1cc(C(C)(C)C)c(C)c(C(C)(C)C)c1.CCCc1cc(C(C)(C)C)c2c(c1)C2(C)C. The molecule has 5 rings (SSSR count). The fraction of sp³-hybridized carbons (Fsp3) is 0.667. The third-order valence-corrected chi connectivity index (χ3v) is 19.2. The summed E-state index contributed by atoms with van der Waals surface area (Å²) in [6, 6.07) is 17.1. The van der Waals surface area contributed by atoms with Crippen LogP contribution in [-0.4, -0.2) is 0 Å². The monoisotopic (exact) mass is 1150 g/mol. The van der Waals surface area contributed by atoms with Crippen molar-refractivity contribution in [1.82, 2.24) is 0 Å². The van der Waals surface area contributed by atoms with E-state index in [9.17, 15) is 0 Å². The molecule has 0 heteroatoms. The Morgan fingerprint density at radius 3 is 1.46 bits per heavy atom. The van der Waals surface area contributed by atoms with Gasteiger partial charge in [-0.25, -0.2) is 0 Å². The molecule has 0 aromatic heterocycles. The average Bonchev–Trinajstić information content (AvgIpc) is 2.02. The number of hydrogen-bond donors (Lipinski definition) is 0. The van der Waals surface area contributed by atoms with E-state index in [1.165, 1.54) is 146 Å². The van der Waals surface area contributed by atoms with Crippen LogP contribution in [0.5, 0.6) is 0 Å². The number of benzene rings is 3. The van der Waals surface area contributed by atoms with Gasteiger partial charge in [-0.1, -0.05) is 289 Å². The van der Waals surface area contributed by atoms with Crippen LogP contribution in [0.15, 0.2) is 103 Å². The van der Waals surface area contributed by atoms with Gasteiger partial charge in [-0.15, -0.1) is 13.2 Å². The first-order valence-electron chi connectivity index (χ1n) is 34.1. The molecule has 3 aromatic rings. The zero-order valence-corrected chi connectivity index (χ0v) is 60.9. The van der Waals surface area contributed by atoms with Gasteiger partial charge in [0.15, 0.2) is 0 Å². The topological polar surface area (TPSA) is 0 Å². The Morgan fingerprint density at radius 2 is 1.00 bits per heavy atom. The van der Waals surface area contributed by atoms with Crippen molar-refractivity contribution < 1.29 is 0 Å². The van der Waals surface area contributed by atoms with Crippen molar-refractivity contribution in [3.8, 4) is 0 Å². The van der Waals surface area contributed by atoms with Crippen molar-refractivity contribution in [1.29, 1.82) is 0 Å². The van der Waals surface area contributed by atoms with Crippen molar-refractivity contribution in [2.75, 3.05) is 0 Å². The van der Waals surface area contributed by atoms with Crippen LogP contribution in [-0.2, 0) is 51.8 Å². The van der Waals surface area contributed by atoms with E-state index in [1.807, 2.05) is 6.08 Å². The molecule has 2 unspecified atom stereocenters. The molecule has 0 radical (unpaired) electrons. The summed E-state index contributed by atoms with van der Waals surface area (Å²) >= 11 is 0. The Kier molecular flexibility index (Phi) is 26.7. The van der Waals surface area contributed by atoms with Crippen LogP contribution in [0.4, 0.5) is 0 Å². The molecule has 3 aromatic carbocycles. The summed E-state index contributed by atoms with van der Waals surface area (Å²) in [6.45, 7) is 76.0. The van der Waals surface area contributed by atoms with Crippen LogP contribution in [0.3, 0.4) is 0 Å². The molecule has 2 atom stereocenters. The number of aryl methyl sites for hydroxylation is 3. The molecule has 2 aliphatic rings. The highest BCUT2D eigenvalue weighted by Gasteiger charge is 2.46. The number of rotatable bonds is 23. The van der Waals surface area contributed by atoms with E-state index in [1.54, 1.807) is 33.4 Å². The summed E-state index contributed by atoms with van der Waals surface area (Å²) in [4.78, 5) is 0. The van der Waals surface area contributed by atoms with Crippen LogP contribution in [0, 0.1) is 29.1 Å². The van der Waals surface area contributed by atoms with Crippen LogP contribution < -0.4 is 0 Å². The minimum Gasteiger partial charge on any atom is -0.103 e. The van der Waals surface area contributed by atoms with E-state index in [2.05, 4.69) is 261 Å². The van der Waals surface area contributed by atoms with Crippen LogP contribution >= 0.6 is 0 Å². The minimum atomic E-state index is 0.185. The molecule has 0 nitrogen and oxygen atoms in total. The Labute approximate surface area is 524 Å². The molecule has 0 bridgehead atoms. The summed E-state index contributed by atoms with van der Waals surface area (Å²) in [7, 11) is 0. The maximum Gasteiger partial charge on any atom is 0.0155 e. The zero-order chi connectivity index (χ0) is 64.2. The second-order valence-corrected chi connectivity index (χ2v) is 34.8. The third kappa shape index (κ3) is 22.2. The fourth-order valence-electron chi connectivity index (χ4n) is 13.9. The molecule has 0 fully saturated rings. The predicted molar refractivity (Wildman–Crippen MR) is 381 cm³/mol. The first-order valence-corrected chi connectivity index (χ1v) is 34.1. The molecule has 0 aliphatic heterocycles. The Hall–Kier alpha value is -3.64. The molecule has 84 heavy (non-hydrogen) atoms. The lowest BCUT2D eigenvalue weighted by molar-refractivity contribution is 0.190. The Bertz CT molecular complexity index is 2610. The molecule has 472 valence electrons. The lowest BCUT2D eigenvalue weighted by atomic mass is 9.66. The number of allylic oxidation sites excluding steroid dienone is 7. The van der Waals surface area contributed by atoms with Gasteiger partial charge in [0.1, 0.15) is 0 Å². The highest BCUT2D eigenvalue weighted by Crippen LogP contribution is 2.54. The fourth-order valence-corrected chi connectivity index (χ4v) is 13.9. The molecule has 2 aliphatic carbocycles. The second kappa shape index (κ2) is 30.0. The van der Waals surface area contributed by atoms with E-state index in [-0.39, 0.29) is 37.9 Å². The molecule has 0 saturated carbocycles. The number of hydrogen-bond acceptors (Lipinski definition) is 0. The summed E-state index contributed by atoms with van der Waals surface area (Å²) in [5.74, 6) is 0.626. The van der Waals surface area contributed by atoms with Gasteiger partial charge in [-0.2, -0.15) is 0 Å². The molecule has 0 heterocycles. The van der Waals surface area contributed by atoms with Crippen molar-refractivity contribution in [2.24, 2.45) is 22.2 Å². The average molecular weight is 1150 g/mol. The van der Waals surface area contributed by atoms with Crippen LogP contribution in [0.2, 0.25) is 0 Å². The highest BCUT2D eigenvalue weighted by molar-refractivity contribution is 5.65. The molecular weight excluding hydrogens is 1010 g/mol. The molecule has 0 N–H and O–H groups in total. The van der Waals surface area contributed by atoms with Gasteiger partial charge in [-0.05, 0) is 220 Å².